The van der Waals surface area contributed by atoms with E-state index >= 15 is 0 Å². The Morgan fingerprint density at radius 2 is 1.58 bits per heavy atom. The summed E-state index contributed by atoms with van der Waals surface area (Å²) >= 11 is 5.87. The summed E-state index contributed by atoms with van der Waals surface area (Å²) in [6, 6.07) is 24.7. The average molecular weight is 363 g/mol. The van der Waals surface area contributed by atoms with Crippen molar-refractivity contribution < 1.29 is 9.53 Å². The maximum atomic E-state index is 12.5. The SMILES string of the molecule is C/C(=C\c1ccc(OCc2ccccc2)cc1)C(=O)c1ccc(Cl)cc1. The number of carbonyl (C=O) groups excluding carboxylic acids is 1. The molecular weight excluding hydrogens is 344 g/mol. The maximum absolute atomic E-state index is 12.5. The Kier molecular flexibility index (Phi) is 5.88. The number of hydrogen-bond acceptors (Lipinski definition) is 2. The van der Waals surface area contributed by atoms with Gasteiger partial charge in [-0.25, -0.2) is 0 Å². The Bertz CT molecular complexity index is 895. The van der Waals surface area contributed by atoms with Gasteiger partial charge in [0, 0.05) is 10.6 Å². The molecule has 3 heteroatoms. The van der Waals surface area contributed by atoms with Crippen molar-refractivity contribution in [2.75, 3.05) is 0 Å². The molecule has 0 unspecified atom stereocenters. The molecule has 26 heavy (non-hydrogen) atoms. The van der Waals surface area contributed by atoms with Crippen molar-refractivity contribution in [1.82, 2.24) is 0 Å². The molecule has 2 nitrogen and oxygen atoms in total. The second-order valence-electron chi connectivity index (χ2n) is 6.01. The van der Waals surface area contributed by atoms with Gasteiger partial charge in [0.2, 0.25) is 0 Å². The second-order valence-corrected chi connectivity index (χ2v) is 6.44. The number of hydrogen-bond donors (Lipinski definition) is 0. The van der Waals surface area contributed by atoms with E-state index in [9.17, 15) is 4.79 Å². The van der Waals surface area contributed by atoms with Crippen molar-refractivity contribution in [3.8, 4) is 5.75 Å². The van der Waals surface area contributed by atoms with Crippen LogP contribution < -0.4 is 4.74 Å². The summed E-state index contributed by atoms with van der Waals surface area (Å²) in [6.45, 7) is 2.35. The highest BCUT2D eigenvalue weighted by atomic mass is 35.5. The highest BCUT2D eigenvalue weighted by Gasteiger charge is 2.08. The molecule has 0 heterocycles. The van der Waals surface area contributed by atoms with Crippen LogP contribution in [0, 0.1) is 0 Å². The van der Waals surface area contributed by atoms with E-state index in [1.807, 2.05) is 67.6 Å². The molecule has 0 saturated heterocycles. The van der Waals surface area contributed by atoms with Gasteiger partial charge in [-0.1, -0.05) is 54.1 Å². The van der Waals surface area contributed by atoms with Crippen LogP contribution in [0.2, 0.25) is 5.02 Å². The summed E-state index contributed by atoms with van der Waals surface area (Å²) in [7, 11) is 0. The Hall–Kier alpha value is -2.84. The lowest BCUT2D eigenvalue weighted by molar-refractivity contribution is 0.103. The van der Waals surface area contributed by atoms with Crippen LogP contribution in [-0.2, 0) is 6.61 Å². The van der Waals surface area contributed by atoms with Crippen molar-refractivity contribution in [2.45, 2.75) is 13.5 Å². The second kappa shape index (κ2) is 8.50. The van der Waals surface area contributed by atoms with Gasteiger partial charge >= 0.3 is 0 Å². The van der Waals surface area contributed by atoms with Gasteiger partial charge in [0.1, 0.15) is 12.4 Å². The fraction of sp³-hybridized carbons (Fsp3) is 0.0870. The van der Waals surface area contributed by atoms with E-state index in [0.29, 0.717) is 22.8 Å². The fourth-order valence-electron chi connectivity index (χ4n) is 2.55. The molecule has 3 aromatic carbocycles. The molecule has 130 valence electrons. The van der Waals surface area contributed by atoms with Crippen molar-refractivity contribution in [2.24, 2.45) is 0 Å². The molecule has 0 radical (unpaired) electrons. The minimum atomic E-state index is -0.00827. The van der Waals surface area contributed by atoms with Crippen LogP contribution in [0.1, 0.15) is 28.4 Å². The lowest BCUT2D eigenvalue weighted by Gasteiger charge is -2.07. The van der Waals surface area contributed by atoms with E-state index in [1.165, 1.54) is 0 Å². The van der Waals surface area contributed by atoms with Crippen LogP contribution in [0.4, 0.5) is 0 Å². The first-order valence-corrected chi connectivity index (χ1v) is 8.75. The molecule has 0 N–H and O–H groups in total. The third-order valence-electron chi connectivity index (χ3n) is 3.98. The smallest absolute Gasteiger partial charge is 0.188 e. The number of benzene rings is 3. The summed E-state index contributed by atoms with van der Waals surface area (Å²) < 4.78 is 5.78. The molecule has 0 amide bonds. The van der Waals surface area contributed by atoms with Crippen LogP contribution in [-0.4, -0.2) is 5.78 Å². The largest absolute Gasteiger partial charge is 0.489 e. The van der Waals surface area contributed by atoms with Gasteiger partial charge in [-0.15, -0.1) is 0 Å². The molecule has 0 atom stereocenters. The molecule has 0 saturated carbocycles. The van der Waals surface area contributed by atoms with Crippen LogP contribution in [0.5, 0.6) is 5.75 Å². The van der Waals surface area contributed by atoms with Crippen molar-refractivity contribution in [3.05, 3.63) is 106 Å². The average Bonchev–Trinajstić information content (AvgIpc) is 2.68. The predicted octanol–water partition coefficient (Wildman–Crippen LogP) is 6.21. The van der Waals surface area contributed by atoms with Crippen molar-refractivity contribution in [3.63, 3.8) is 0 Å². The van der Waals surface area contributed by atoms with Gasteiger partial charge < -0.3 is 4.74 Å². The van der Waals surface area contributed by atoms with E-state index < -0.39 is 0 Å². The Balaban J connectivity index is 1.65. The Labute approximate surface area is 158 Å². The normalized spacial score (nSPS) is 11.2. The number of rotatable bonds is 6. The van der Waals surface area contributed by atoms with Crippen LogP contribution in [0.15, 0.2) is 84.4 Å². The molecule has 3 aromatic rings. The molecule has 0 aliphatic carbocycles. The molecular formula is C23H19ClO2. The summed E-state index contributed by atoms with van der Waals surface area (Å²) in [5, 5.41) is 0.620. The third-order valence-corrected chi connectivity index (χ3v) is 4.23. The number of allylic oxidation sites excluding steroid dienone is 1. The summed E-state index contributed by atoms with van der Waals surface area (Å²) in [4.78, 5) is 12.5. The third kappa shape index (κ3) is 4.84. The van der Waals surface area contributed by atoms with Gasteiger partial charge in [0.05, 0.1) is 0 Å². The predicted molar refractivity (Wildman–Crippen MR) is 107 cm³/mol. The maximum Gasteiger partial charge on any atom is 0.188 e. The first-order chi connectivity index (χ1) is 12.6. The molecule has 0 fully saturated rings. The van der Waals surface area contributed by atoms with E-state index in [2.05, 4.69) is 0 Å². The summed E-state index contributed by atoms with van der Waals surface area (Å²) in [5.41, 5.74) is 3.38. The van der Waals surface area contributed by atoms with Crippen LogP contribution >= 0.6 is 11.6 Å². The standard InChI is InChI=1S/C23H19ClO2/c1-17(23(25)20-9-11-21(24)12-10-20)15-18-7-13-22(14-8-18)26-16-19-5-3-2-4-6-19/h2-15H,16H2,1H3/b17-15+. The zero-order chi connectivity index (χ0) is 18.4. The Morgan fingerprint density at radius 3 is 2.23 bits per heavy atom. The number of ketones is 1. The molecule has 0 bridgehead atoms. The van der Waals surface area contributed by atoms with Crippen LogP contribution in [0.25, 0.3) is 6.08 Å². The highest BCUT2D eigenvalue weighted by Crippen LogP contribution is 2.18. The first-order valence-electron chi connectivity index (χ1n) is 8.37. The number of Topliss-reactive ketones (excluding diaryl/α,β-unsaturated/α-hetero) is 1. The molecule has 0 aliphatic rings. The first kappa shape index (κ1) is 18.0. The summed E-state index contributed by atoms with van der Waals surface area (Å²) in [5.74, 6) is 0.791. The summed E-state index contributed by atoms with van der Waals surface area (Å²) in [6.07, 6.45) is 1.87. The van der Waals surface area contributed by atoms with Gasteiger partial charge in [-0.05, 0) is 66.1 Å². The van der Waals surface area contributed by atoms with E-state index in [4.69, 9.17) is 16.3 Å². The quantitative estimate of drug-likeness (QED) is 0.385. The molecule has 0 spiro atoms. The molecule has 0 aliphatic heterocycles. The topological polar surface area (TPSA) is 26.3 Å². The van der Waals surface area contributed by atoms with Gasteiger partial charge in [-0.2, -0.15) is 0 Å². The van der Waals surface area contributed by atoms with Gasteiger partial charge in [0.15, 0.2) is 5.78 Å². The molecule has 0 aromatic heterocycles. The zero-order valence-electron chi connectivity index (χ0n) is 14.5. The fourth-order valence-corrected chi connectivity index (χ4v) is 2.67. The minimum absolute atomic E-state index is 0.00827. The van der Waals surface area contributed by atoms with Crippen LogP contribution in [0.3, 0.4) is 0 Å². The Morgan fingerprint density at radius 1 is 0.923 bits per heavy atom. The lowest BCUT2D eigenvalue weighted by atomic mass is 10.0. The van der Waals surface area contributed by atoms with E-state index in [0.717, 1.165) is 16.9 Å². The molecule has 3 rings (SSSR count). The number of carbonyl (C=O) groups is 1. The number of ether oxygens (including phenoxy) is 1. The lowest BCUT2D eigenvalue weighted by Crippen LogP contribution is -2.00. The van der Waals surface area contributed by atoms with Crippen molar-refractivity contribution in [1.29, 1.82) is 0 Å². The highest BCUT2D eigenvalue weighted by molar-refractivity contribution is 6.30. The minimum Gasteiger partial charge on any atom is -0.489 e. The van der Waals surface area contributed by atoms with Gasteiger partial charge in [-0.3, -0.25) is 4.79 Å². The van der Waals surface area contributed by atoms with E-state index in [-0.39, 0.29) is 5.78 Å². The number of halogens is 1. The monoisotopic (exact) mass is 362 g/mol. The van der Waals surface area contributed by atoms with Crippen molar-refractivity contribution >= 4 is 23.5 Å². The van der Waals surface area contributed by atoms with E-state index in [1.54, 1.807) is 24.3 Å². The van der Waals surface area contributed by atoms with Gasteiger partial charge in [0.25, 0.3) is 0 Å². The zero-order valence-corrected chi connectivity index (χ0v) is 15.2.